The fourth-order valence-electron chi connectivity index (χ4n) is 2.02. The summed E-state index contributed by atoms with van der Waals surface area (Å²) in [6, 6.07) is 6.03. The van der Waals surface area contributed by atoms with E-state index in [9.17, 15) is 4.79 Å². The molecule has 4 nitrogen and oxygen atoms in total. The number of aryl methyl sites for hydroxylation is 1. The predicted octanol–water partition coefficient (Wildman–Crippen LogP) is 2.55. The van der Waals surface area contributed by atoms with Gasteiger partial charge in [0.15, 0.2) is 0 Å². The quantitative estimate of drug-likeness (QED) is 0.884. The number of aliphatic carboxylic acids is 1. The summed E-state index contributed by atoms with van der Waals surface area (Å²) >= 11 is 0. The molecule has 0 radical (unpaired) electrons. The molecule has 1 aromatic carbocycles. The van der Waals surface area contributed by atoms with Gasteiger partial charge in [0.05, 0.1) is 17.6 Å². The van der Waals surface area contributed by atoms with Gasteiger partial charge in [-0.2, -0.15) is 5.10 Å². The molecule has 0 aliphatic heterocycles. The molecule has 90 valence electrons. The molecular weight excluding hydrogens is 216 g/mol. The predicted molar refractivity (Wildman–Crippen MR) is 66.2 cm³/mol. The number of hydrogen-bond acceptors (Lipinski definition) is 2. The zero-order valence-corrected chi connectivity index (χ0v) is 10.3. The second-order valence-electron chi connectivity index (χ2n) is 4.55. The average Bonchev–Trinajstić information content (AvgIpc) is 2.55. The van der Waals surface area contributed by atoms with Crippen molar-refractivity contribution in [1.82, 2.24) is 9.78 Å². The number of carboxylic acid groups (broad SMARTS) is 1. The molecule has 2 aromatic rings. The summed E-state index contributed by atoms with van der Waals surface area (Å²) in [4.78, 5) is 10.7. The molecule has 0 bridgehead atoms. The van der Waals surface area contributed by atoms with Crippen molar-refractivity contribution in [2.45, 2.75) is 33.2 Å². The monoisotopic (exact) mass is 232 g/mol. The highest BCUT2D eigenvalue weighted by Gasteiger charge is 2.11. The summed E-state index contributed by atoms with van der Waals surface area (Å²) in [7, 11) is 0. The minimum atomic E-state index is -0.807. The molecule has 1 N–H and O–H groups in total. The average molecular weight is 232 g/mol. The van der Waals surface area contributed by atoms with E-state index < -0.39 is 5.97 Å². The van der Waals surface area contributed by atoms with E-state index in [2.05, 4.69) is 18.9 Å². The van der Waals surface area contributed by atoms with E-state index in [0.717, 1.165) is 22.2 Å². The molecule has 0 atom stereocenters. The largest absolute Gasteiger partial charge is 0.481 e. The lowest BCUT2D eigenvalue weighted by molar-refractivity contribution is -0.136. The highest BCUT2D eigenvalue weighted by molar-refractivity contribution is 5.84. The van der Waals surface area contributed by atoms with Crippen LogP contribution in [0.4, 0.5) is 0 Å². The normalized spacial score (nSPS) is 11.3. The van der Waals surface area contributed by atoms with E-state index in [4.69, 9.17) is 5.11 Å². The highest BCUT2D eigenvalue weighted by Crippen LogP contribution is 2.22. The Morgan fingerprint density at radius 3 is 2.76 bits per heavy atom. The molecule has 0 aliphatic rings. The smallest absolute Gasteiger partial charge is 0.307 e. The molecule has 2 rings (SSSR count). The Kier molecular flexibility index (Phi) is 2.88. The molecule has 1 aromatic heterocycles. The van der Waals surface area contributed by atoms with Crippen LogP contribution in [0.2, 0.25) is 0 Å². The van der Waals surface area contributed by atoms with Crippen LogP contribution in [0.5, 0.6) is 0 Å². The van der Waals surface area contributed by atoms with Gasteiger partial charge >= 0.3 is 5.97 Å². The van der Waals surface area contributed by atoms with Gasteiger partial charge in [-0.15, -0.1) is 0 Å². The molecule has 4 heteroatoms. The Morgan fingerprint density at radius 1 is 1.47 bits per heavy atom. The molecule has 0 aliphatic carbocycles. The topological polar surface area (TPSA) is 55.1 Å². The maximum atomic E-state index is 10.7. The molecule has 0 unspecified atom stereocenters. The van der Waals surface area contributed by atoms with E-state index in [1.54, 1.807) is 0 Å². The van der Waals surface area contributed by atoms with E-state index in [1.165, 1.54) is 0 Å². The SMILES string of the molecule is Cc1nn(C(C)C)c2ccc(CC(=O)O)cc12. The van der Waals surface area contributed by atoms with Gasteiger partial charge in [0.25, 0.3) is 0 Å². The van der Waals surface area contributed by atoms with Gasteiger partial charge in [-0.05, 0) is 38.5 Å². The number of fused-ring (bicyclic) bond motifs is 1. The Bertz CT molecular complexity index is 570. The van der Waals surface area contributed by atoms with Crippen LogP contribution in [0, 0.1) is 6.92 Å². The third-order valence-corrected chi connectivity index (χ3v) is 2.80. The lowest BCUT2D eigenvalue weighted by Gasteiger charge is -2.07. The lowest BCUT2D eigenvalue weighted by atomic mass is 10.1. The summed E-state index contributed by atoms with van der Waals surface area (Å²) in [6.07, 6.45) is 0.0578. The number of nitrogens with zero attached hydrogens (tertiary/aromatic N) is 2. The van der Waals surface area contributed by atoms with Crippen molar-refractivity contribution in [1.29, 1.82) is 0 Å². The van der Waals surface area contributed by atoms with Gasteiger partial charge < -0.3 is 5.11 Å². The van der Waals surface area contributed by atoms with Crippen molar-refractivity contribution in [2.75, 3.05) is 0 Å². The number of rotatable bonds is 3. The molecule has 0 spiro atoms. The minimum absolute atomic E-state index is 0.0578. The van der Waals surface area contributed by atoms with Gasteiger partial charge in [0.1, 0.15) is 0 Å². The first-order chi connectivity index (χ1) is 7.99. The van der Waals surface area contributed by atoms with E-state index in [-0.39, 0.29) is 6.42 Å². The Hall–Kier alpha value is -1.84. The van der Waals surface area contributed by atoms with Crippen molar-refractivity contribution < 1.29 is 9.90 Å². The zero-order valence-electron chi connectivity index (χ0n) is 10.3. The first-order valence-electron chi connectivity index (χ1n) is 5.68. The maximum absolute atomic E-state index is 10.7. The van der Waals surface area contributed by atoms with E-state index in [0.29, 0.717) is 6.04 Å². The van der Waals surface area contributed by atoms with E-state index in [1.807, 2.05) is 29.8 Å². The Labute approximate surface area is 99.9 Å². The van der Waals surface area contributed by atoms with Crippen molar-refractivity contribution in [3.05, 3.63) is 29.5 Å². The molecule has 17 heavy (non-hydrogen) atoms. The zero-order chi connectivity index (χ0) is 12.6. The molecule has 1 heterocycles. The Morgan fingerprint density at radius 2 is 2.18 bits per heavy atom. The summed E-state index contributed by atoms with van der Waals surface area (Å²) in [5, 5.41) is 14.3. The molecule has 0 fully saturated rings. The van der Waals surface area contributed by atoms with Crippen LogP contribution in [0.15, 0.2) is 18.2 Å². The fourth-order valence-corrected chi connectivity index (χ4v) is 2.02. The number of carboxylic acids is 1. The number of carbonyl (C=O) groups is 1. The van der Waals surface area contributed by atoms with Crippen molar-refractivity contribution in [2.24, 2.45) is 0 Å². The third kappa shape index (κ3) is 2.16. The summed E-state index contributed by atoms with van der Waals surface area (Å²) in [5.74, 6) is -0.807. The summed E-state index contributed by atoms with van der Waals surface area (Å²) in [6.45, 7) is 6.11. The van der Waals surface area contributed by atoms with Crippen LogP contribution in [0.1, 0.15) is 31.1 Å². The third-order valence-electron chi connectivity index (χ3n) is 2.80. The maximum Gasteiger partial charge on any atom is 0.307 e. The van der Waals surface area contributed by atoms with Crippen molar-refractivity contribution in [3.8, 4) is 0 Å². The van der Waals surface area contributed by atoms with Gasteiger partial charge in [-0.3, -0.25) is 9.48 Å². The molecular formula is C13H16N2O2. The van der Waals surface area contributed by atoms with Gasteiger partial charge in [0, 0.05) is 11.4 Å². The number of hydrogen-bond donors (Lipinski definition) is 1. The van der Waals surface area contributed by atoms with Crippen LogP contribution in [-0.2, 0) is 11.2 Å². The molecule has 0 saturated carbocycles. The Balaban J connectivity index is 2.55. The first-order valence-corrected chi connectivity index (χ1v) is 5.68. The van der Waals surface area contributed by atoms with Crippen molar-refractivity contribution >= 4 is 16.9 Å². The van der Waals surface area contributed by atoms with Crippen LogP contribution in [-0.4, -0.2) is 20.9 Å². The number of benzene rings is 1. The molecule has 0 saturated heterocycles. The van der Waals surface area contributed by atoms with Gasteiger partial charge in [-0.25, -0.2) is 0 Å². The van der Waals surface area contributed by atoms with Crippen LogP contribution < -0.4 is 0 Å². The van der Waals surface area contributed by atoms with Crippen LogP contribution >= 0.6 is 0 Å². The van der Waals surface area contributed by atoms with E-state index >= 15 is 0 Å². The second kappa shape index (κ2) is 4.20. The minimum Gasteiger partial charge on any atom is -0.481 e. The highest BCUT2D eigenvalue weighted by atomic mass is 16.4. The fraction of sp³-hybridized carbons (Fsp3) is 0.385. The van der Waals surface area contributed by atoms with Crippen LogP contribution in [0.25, 0.3) is 10.9 Å². The summed E-state index contributed by atoms with van der Waals surface area (Å²) < 4.78 is 1.97. The first kappa shape index (κ1) is 11.6. The lowest BCUT2D eigenvalue weighted by Crippen LogP contribution is -2.03. The molecule has 0 amide bonds. The van der Waals surface area contributed by atoms with Gasteiger partial charge in [-0.1, -0.05) is 6.07 Å². The van der Waals surface area contributed by atoms with Crippen molar-refractivity contribution in [3.63, 3.8) is 0 Å². The van der Waals surface area contributed by atoms with Crippen LogP contribution in [0.3, 0.4) is 0 Å². The standard InChI is InChI=1S/C13H16N2O2/c1-8(2)15-12-5-4-10(7-13(16)17)6-11(12)9(3)14-15/h4-6,8H,7H2,1-3H3,(H,16,17). The summed E-state index contributed by atoms with van der Waals surface area (Å²) in [5.41, 5.74) is 2.82. The van der Waals surface area contributed by atoms with Gasteiger partial charge in [0.2, 0.25) is 0 Å². The number of aromatic nitrogens is 2. The second-order valence-corrected chi connectivity index (χ2v) is 4.55.